The van der Waals surface area contributed by atoms with Gasteiger partial charge in [-0.15, -0.1) is 0 Å². The second kappa shape index (κ2) is 8.46. The molecule has 0 N–H and O–H groups in total. The first kappa shape index (κ1) is 14.4. The van der Waals surface area contributed by atoms with Crippen LogP contribution in [-0.2, 0) is 9.53 Å². The zero-order chi connectivity index (χ0) is 12.5. The molecule has 0 aromatic rings. The molecule has 1 heterocycles. The lowest BCUT2D eigenvalue weighted by atomic mass is 10.1. The second-order valence-corrected chi connectivity index (χ2v) is 5.02. The highest BCUT2D eigenvalue weighted by molar-refractivity contribution is 5.93. The van der Waals surface area contributed by atoms with E-state index in [1.807, 2.05) is 13.0 Å². The fraction of sp³-hybridized carbons (Fsp3) is 0.800. The molecule has 1 aliphatic rings. The number of ketones is 1. The molecule has 0 saturated carbocycles. The Balaban J connectivity index is 2.05. The lowest BCUT2D eigenvalue weighted by molar-refractivity contribution is -0.124. The normalized spacial score (nSPS) is 24.6. The van der Waals surface area contributed by atoms with Crippen LogP contribution in [0, 0.1) is 0 Å². The van der Waals surface area contributed by atoms with E-state index >= 15 is 0 Å². The van der Waals surface area contributed by atoms with Crippen LogP contribution in [0.2, 0.25) is 0 Å². The highest BCUT2D eigenvalue weighted by Crippen LogP contribution is 2.20. The Labute approximate surface area is 105 Å². The predicted molar refractivity (Wildman–Crippen MR) is 71.1 cm³/mol. The van der Waals surface area contributed by atoms with Crippen LogP contribution in [0.15, 0.2) is 12.2 Å². The largest absolute Gasteiger partial charge is 0.367 e. The van der Waals surface area contributed by atoms with Gasteiger partial charge in [-0.25, -0.2) is 0 Å². The summed E-state index contributed by atoms with van der Waals surface area (Å²) in [6, 6.07) is 0. The van der Waals surface area contributed by atoms with Crippen LogP contribution in [0.4, 0.5) is 0 Å². The number of hydrogen-bond acceptors (Lipinski definition) is 2. The second-order valence-electron chi connectivity index (χ2n) is 5.02. The minimum absolute atomic E-state index is 0.155. The van der Waals surface area contributed by atoms with E-state index in [-0.39, 0.29) is 18.0 Å². The van der Waals surface area contributed by atoms with Gasteiger partial charge < -0.3 is 4.74 Å². The fourth-order valence-corrected chi connectivity index (χ4v) is 2.18. The van der Waals surface area contributed by atoms with E-state index in [4.69, 9.17) is 4.74 Å². The number of allylic oxidation sites excluding steroid dienone is 1. The van der Waals surface area contributed by atoms with Gasteiger partial charge in [-0.1, -0.05) is 38.7 Å². The SMILES string of the molecule is CCCCCCC/C=C/C(=O)C1CC[C@@H](C)O1. The van der Waals surface area contributed by atoms with Gasteiger partial charge in [-0.05, 0) is 38.7 Å². The van der Waals surface area contributed by atoms with Crippen molar-refractivity contribution in [2.24, 2.45) is 0 Å². The van der Waals surface area contributed by atoms with E-state index in [0.717, 1.165) is 19.3 Å². The Kier molecular flexibility index (Phi) is 7.18. The van der Waals surface area contributed by atoms with Gasteiger partial charge in [0.05, 0.1) is 6.10 Å². The van der Waals surface area contributed by atoms with Crippen LogP contribution in [-0.4, -0.2) is 18.0 Å². The molecule has 2 nitrogen and oxygen atoms in total. The van der Waals surface area contributed by atoms with Crippen LogP contribution in [0.1, 0.15) is 65.2 Å². The molecule has 1 unspecified atom stereocenters. The molecule has 1 aliphatic heterocycles. The summed E-state index contributed by atoms with van der Waals surface area (Å²) in [5.74, 6) is 0.155. The molecular formula is C15H26O2. The molecule has 1 saturated heterocycles. The molecule has 1 rings (SSSR count). The standard InChI is InChI=1S/C15H26O2/c1-3-4-5-6-7-8-9-10-14(16)15-12-11-13(2)17-15/h9-10,13,15H,3-8,11-12H2,1-2H3/b10-9+/t13-,15?/m1/s1. The Hall–Kier alpha value is -0.630. The molecular weight excluding hydrogens is 212 g/mol. The van der Waals surface area contributed by atoms with Crippen molar-refractivity contribution >= 4 is 5.78 Å². The molecule has 98 valence electrons. The topological polar surface area (TPSA) is 26.3 Å². The van der Waals surface area contributed by atoms with Gasteiger partial charge in [-0.2, -0.15) is 0 Å². The quantitative estimate of drug-likeness (QED) is 0.471. The van der Waals surface area contributed by atoms with Crippen molar-refractivity contribution in [1.29, 1.82) is 0 Å². The summed E-state index contributed by atoms with van der Waals surface area (Å²) in [6.07, 6.45) is 13.2. The van der Waals surface area contributed by atoms with Crippen molar-refractivity contribution in [3.63, 3.8) is 0 Å². The molecule has 0 aromatic heterocycles. The molecule has 2 atom stereocenters. The van der Waals surface area contributed by atoms with Crippen LogP contribution >= 0.6 is 0 Å². The van der Waals surface area contributed by atoms with Crippen molar-refractivity contribution < 1.29 is 9.53 Å². The zero-order valence-corrected chi connectivity index (χ0v) is 11.3. The molecule has 0 amide bonds. The summed E-state index contributed by atoms with van der Waals surface area (Å²) in [5.41, 5.74) is 0. The molecule has 0 spiro atoms. The molecule has 1 fully saturated rings. The first-order valence-electron chi connectivity index (χ1n) is 7.10. The molecule has 17 heavy (non-hydrogen) atoms. The van der Waals surface area contributed by atoms with E-state index in [9.17, 15) is 4.79 Å². The van der Waals surface area contributed by atoms with Crippen LogP contribution in [0.25, 0.3) is 0 Å². The van der Waals surface area contributed by atoms with Crippen molar-refractivity contribution in [1.82, 2.24) is 0 Å². The maximum Gasteiger partial charge on any atom is 0.184 e. The molecule has 0 aromatic carbocycles. The summed E-state index contributed by atoms with van der Waals surface area (Å²) in [6.45, 7) is 4.26. The highest BCUT2D eigenvalue weighted by atomic mass is 16.5. The number of ether oxygens (including phenoxy) is 1. The highest BCUT2D eigenvalue weighted by Gasteiger charge is 2.26. The summed E-state index contributed by atoms with van der Waals surface area (Å²) in [5, 5.41) is 0. The molecule has 0 bridgehead atoms. The van der Waals surface area contributed by atoms with E-state index < -0.39 is 0 Å². The third kappa shape index (κ3) is 6.02. The Morgan fingerprint density at radius 1 is 1.24 bits per heavy atom. The van der Waals surface area contributed by atoms with Crippen LogP contribution in [0.5, 0.6) is 0 Å². The summed E-state index contributed by atoms with van der Waals surface area (Å²) in [7, 11) is 0. The average Bonchev–Trinajstić information content (AvgIpc) is 2.74. The number of unbranched alkanes of at least 4 members (excludes halogenated alkanes) is 5. The van der Waals surface area contributed by atoms with Crippen molar-refractivity contribution in [3.05, 3.63) is 12.2 Å². The maximum absolute atomic E-state index is 11.7. The number of rotatable bonds is 8. The number of carbonyl (C=O) groups excluding carboxylic acids is 1. The van der Waals surface area contributed by atoms with Crippen LogP contribution in [0.3, 0.4) is 0 Å². The van der Waals surface area contributed by atoms with Gasteiger partial charge in [0.15, 0.2) is 5.78 Å². The fourth-order valence-electron chi connectivity index (χ4n) is 2.18. The first-order chi connectivity index (χ1) is 8.24. The smallest absolute Gasteiger partial charge is 0.184 e. The monoisotopic (exact) mass is 238 g/mol. The third-order valence-corrected chi connectivity index (χ3v) is 3.31. The van der Waals surface area contributed by atoms with E-state index in [0.29, 0.717) is 0 Å². The van der Waals surface area contributed by atoms with Crippen LogP contribution < -0.4 is 0 Å². The minimum Gasteiger partial charge on any atom is -0.367 e. The van der Waals surface area contributed by atoms with E-state index in [1.165, 1.54) is 32.1 Å². The van der Waals surface area contributed by atoms with E-state index in [1.54, 1.807) is 6.08 Å². The number of carbonyl (C=O) groups is 1. The summed E-state index contributed by atoms with van der Waals surface area (Å²) >= 11 is 0. The molecule has 2 heteroatoms. The van der Waals surface area contributed by atoms with Gasteiger partial charge in [-0.3, -0.25) is 4.79 Å². The van der Waals surface area contributed by atoms with Crippen molar-refractivity contribution in [2.75, 3.05) is 0 Å². The Morgan fingerprint density at radius 3 is 2.65 bits per heavy atom. The van der Waals surface area contributed by atoms with Gasteiger partial charge in [0, 0.05) is 0 Å². The Bertz CT molecular complexity index is 245. The lowest BCUT2D eigenvalue weighted by Crippen LogP contribution is -2.18. The van der Waals surface area contributed by atoms with Gasteiger partial charge in [0.2, 0.25) is 0 Å². The lowest BCUT2D eigenvalue weighted by Gasteiger charge is -2.06. The zero-order valence-electron chi connectivity index (χ0n) is 11.3. The van der Waals surface area contributed by atoms with Crippen molar-refractivity contribution in [3.8, 4) is 0 Å². The summed E-state index contributed by atoms with van der Waals surface area (Å²) in [4.78, 5) is 11.7. The average molecular weight is 238 g/mol. The Morgan fingerprint density at radius 2 is 2.00 bits per heavy atom. The predicted octanol–water partition coefficient (Wildman–Crippen LogP) is 4.04. The molecule has 0 aliphatic carbocycles. The summed E-state index contributed by atoms with van der Waals surface area (Å²) < 4.78 is 5.53. The molecule has 0 radical (unpaired) electrons. The first-order valence-corrected chi connectivity index (χ1v) is 7.10. The maximum atomic E-state index is 11.7. The van der Waals surface area contributed by atoms with Crippen molar-refractivity contribution in [2.45, 2.75) is 77.4 Å². The minimum atomic E-state index is -0.165. The van der Waals surface area contributed by atoms with Gasteiger partial charge in [0.25, 0.3) is 0 Å². The van der Waals surface area contributed by atoms with E-state index in [2.05, 4.69) is 6.92 Å². The number of hydrogen-bond donors (Lipinski definition) is 0. The van der Waals surface area contributed by atoms with Gasteiger partial charge >= 0.3 is 0 Å². The third-order valence-electron chi connectivity index (χ3n) is 3.31. The van der Waals surface area contributed by atoms with Gasteiger partial charge in [0.1, 0.15) is 6.10 Å².